The molecule has 0 aliphatic carbocycles. The maximum absolute atomic E-state index is 12.6. The van der Waals surface area contributed by atoms with E-state index in [4.69, 9.17) is 0 Å². The lowest BCUT2D eigenvalue weighted by molar-refractivity contribution is -0.298. The molecule has 134 valence electrons. The molecule has 0 aromatic carbocycles. The highest BCUT2D eigenvalue weighted by Crippen LogP contribution is 2.55. The van der Waals surface area contributed by atoms with Gasteiger partial charge in [-0.3, -0.25) is 0 Å². The van der Waals surface area contributed by atoms with Gasteiger partial charge in [0.25, 0.3) is 0 Å². The van der Waals surface area contributed by atoms with Crippen LogP contribution in [-0.2, 0) is 0 Å². The quantitative estimate of drug-likeness (QED) is 0.489. The smallest absolute Gasteiger partial charge is 0.240 e. The van der Waals surface area contributed by atoms with E-state index >= 15 is 0 Å². The van der Waals surface area contributed by atoms with Crippen molar-refractivity contribution in [2.24, 2.45) is 0 Å². The van der Waals surface area contributed by atoms with E-state index in [2.05, 4.69) is 0 Å². The molecular weight excluding hydrogens is 385 g/mol. The summed E-state index contributed by atoms with van der Waals surface area (Å²) < 4.78 is 182. The first kappa shape index (κ1) is 21.2. The molecule has 0 fully saturated rings. The second kappa shape index (κ2) is 5.09. The van der Waals surface area contributed by atoms with E-state index in [1.165, 1.54) is 0 Å². The Bertz CT molecular complexity index is 334. The number of rotatable bonds is 3. The molecule has 0 N–H and O–H groups in total. The fourth-order valence-corrected chi connectivity index (χ4v) is 3.05. The van der Waals surface area contributed by atoms with Crippen molar-refractivity contribution >= 4 is 8.80 Å². The van der Waals surface area contributed by atoms with E-state index in [9.17, 15) is 65.9 Å². The van der Waals surface area contributed by atoms with E-state index < -0.39 is 44.0 Å². The van der Waals surface area contributed by atoms with Gasteiger partial charge in [-0.15, -0.1) is 0 Å². The third-order valence-electron chi connectivity index (χ3n) is 2.01. The maximum Gasteiger partial charge on any atom is 0.418 e. The first-order chi connectivity index (χ1) is 9.12. The van der Waals surface area contributed by atoms with Crippen LogP contribution in [0.2, 0.25) is 0 Å². The van der Waals surface area contributed by atoms with E-state index in [1.54, 1.807) is 0 Å². The number of hydrogen-bond acceptors (Lipinski definition) is 0. The van der Waals surface area contributed by atoms with Crippen molar-refractivity contribution in [3.8, 4) is 0 Å². The highest BCUT2D eigenvalue weighted by Gasteiger charge is 2.77. The molecule has 0 saturated carbocycles. The summed E-state index contributed by atoms with van der Waals surface area (Å²) in [7, 11) is -8.12. The normalized spacial score (nSPS) is 16.4. The third-order valence-corrected chi connectivity index (χ3v) is 4.74. The van der Waals surface area contributed by atoms with Crippen LogP contribution in [0.25, 0.3) is 0 Å². The summed E-state index contributed by atoms with van der Waals surface area (Å²) in [6.45, 7) is 0. The predicted molar refractivity (Wildman–Crippen MR) is 38.8 cm³/mol. The van der Waals surface area contributed by atoms with E-state index in [1.807, 2.05) is 0 Å². The first-order valence-corrected chi connectivity index (χ1v) is 5.83. The van der Waals surface area contributed by atoms with Gasteiger partial charge in [0.2, 0.25) is 16.6 Å². The molecule has 0 aliphatic rings. The Kier molecular flexibility index (Phi) is 4.89. The second-order valence-electron chi connectivity index (χ2n) is 3.59. The molecule has 0 atom stereocenters. The average molecular weight is 385 g/mol. The van der Waals surface area contributed by atoms with Gasteiger partial charge in [0.15, 0.2) is 0 Å². The summed E-state index contributed by atoms with van der Waals surface area (Å²) in [6.07, 6.45) is -22.4. The van der Waals surface area contributed by atoms with E-state index in [0.717, 1.165) is 0 Å². The molecule has 0 radical (unpaired) electrons. The molecular formula is C6F15Si-. The molecule has 0 aromatic rings. The number of alkyl halides is 15. The van der Waals surface area contributed by atoms with Crippen LogP contribution < -0.4 is 0 Å². The molecule has 0 spiro atoms. The summed E-state index contributed by atoms with van der Waals surface area (Å²) in [5, 5.41) is 0. The number of hydrogen-bond donors (Lipinski definition) is 0. The van der Waals surface area contributed by atoms with E-state index in [0.29, 0.717) is 0 Å². The summed E-state index contributed by atoms with van der Waals surface area (Å²) in [5.74, 6) is 0. The minimum Gasteiger partial charge on any atom is -0.240 e. The van der Waals surface area contributed by atoms with Gasteiger partial charge in [0, 0.05) is 8.80 Å². The van der Waals surface area contributed by atoms with Gasteiger partial charge in [-0.1, -0.05) is 0 Å². The highest BCUT2D eigenvalue weighted by molar-refractivity contribution is 6.67. The van der Waals surface area contributed by atoms with Crippen LogP contribution in [0.15, 0.2) is 0 Å². The summed E-state index contributed by atoms with van der Waals surface area (Å²) >= 11 is 0. The summed E-state index contributed by atoms with van der Waals surface area (Å²) in [4.78, 5) is 0. The zero-order chi connectivity index (χ0) is 18.6. The molecule has 16 heteroatoms. The Morgan fingerprint density at radius 2 is 0.455 bits per heavy atom. The van der Waals surface area contributed by atoms with Crippen LogP contribution in [0.5, 0.6) is 0 Å². The molecule has 0 rings (SSSR count). The molecule has 0 nitrogen and oxygen atoms in total. The lowest BCUT2D eigenvalue weighted by Crippen LogP contribution is -2.74. The fraction of sp³-hybridized carbons (Fsp3) is 1.00. The van der Waals surface area contributed by atoms with Crippen molar-refractivity contribution in [2.75, 3.05) is 0 Å². The topological polar surface area (TPSA) is 0 Å². The lowest BCUT2D eigenvalue weighted by Gasteiger charge is -2.48. The monoisotopic (exact) mass is 385 g/mol. The lowest BCUT2D eigenvalue weighted by atomic mass is 10.6. The molecule has 0 bridgehead atoms. The molecule has 0 amide bonds. The van der Waals surface area contributed by atoms with Crippen LogP contribution in [0.1, 0.15) is 0 Å². The standard InChI is InChI=1S/C6F15Si/c7-1(8,9)4(16,17)22(5(18,19)2(10,11)12)6(20,21)3(13,14)15/q-1. The molecule has 0 saturated heterocycles. The van der Waals surface area contributed by atoms with Crippen molar-refractivity contribution in [3.05, 3.63) is 0 Å². The van der Waals surface area contributed by atoms with Gasteiger partial charge in [0.1, 0.15) is 0 Å². The van der Waals surface area contributed by atoms with Crippen molar-refractivity contribution < 1.29 is 65.9 Å². The van der Waals surface area contributed by atoms with Crippen molar-refractivity contribution in [1.29, 1.82) is 0 Å². The van der Waals surface area contributed by atoms with Gasteiger partial charge in [0.05, 0.1) is 0 Å². The Hall–Kier alpha value is -0.833. The Labute approximate surface area is 111 Å². The minimum absolute atomic E-state index is 7.48. The van der Waals surface area contributed by atoms with Crippen molar-refractivity contribution in [1.82, 2.24) is 0 Å². The van der Waals surface area contributed by atoms with Crippen LogP contribution in [-0.4, -0.2) is 44.0 Å². The average Bonchev–Trinajstić information content (AvgIpc) is 2.09. The van der Waals surface area contributed by atoms with Crippen molar-refractivity contribution in [2.45, 2.75) is 35.2 Å². The number of halogens is 15. The summed E-state index contributed by atoms with van der Waals surface area (Å²) in [6, 6.07) is 0. The minimum atomic E-state index is -8.12. The molecule has 0 aliphatic heterocycles. The van der Waals surface area contributed by atoms with Gasteiger partial charge in [-0.2, -0.15) is 39.5 Å². The predicted octanol–water partition coefficient (Wildman–Crippen LogP) is 4.69. The van der Waals surface area contributed by atoms with Crippen LogP contribution >= 0.6 is 0 Å². The van der Waals surface area contributed by atoms with Gasteiger partial charge in [-0.25, -0.2) is 26.3 Å². The zero-order valence-corrected chi connectivity index (χ0v) is 10.2. The SMILES string of the molecule is FC(F)(F)C(F)(F)[Si-](C(F)(F)C(F)(F)F)C(F)(F)C(F)(F)F. The molecule has 0 heterocycles. The Morgan fingerprint density at radius 3 is 0.545 bits per heavy atom. The van der Waals surface area contributed by atoms with E-state index in [-0.39, 0.29) is 0 Å². The fourth-order valence-electron chi connectivity index (χ4n) is 1.02. The van der Waals surface area contributed by atoms with Crippen LogP contribution in [0, 0.1) is 0 Å². The second-order valence-corrected chi connectivity index (χ2v) is 6.23. The molecule has 0 unspecified atom stereocenters. The Morgan fingerprint density at radius 1 is 0.318 bits per heavy atom. The van der Waals surface area contributed by atoms with Gasteiger partial charge < -0.3 is 0 Å². The van der Waals surface area contributed by atoms with Crippen LogP contribution in [0.3, 0.4) is 0 Å². The largest absolute Gasteiger partial charge is 0.418 e. The maximum atomic E-state index is 12.6. The third kappa shape index (κ3) is 3.24. The highest BCUT2D eigenvalue weighted by atomic mass is 28.3. The van der Waals surface area contributed by atoms with Crippen LogP contribution in [0.4, 0.5) is 65.9 Å². The summed E-state index contributed by atoms with van der Waals surface area (Å²) in [5.41, 5.74) is -22.8. The molecule has 22 heavy (non-hydrogen) atoms. The molecule has 0 aromatic heterocycles. The van der Waals surface area contributed by atoms with Gasteiger partial charge >= 0.3 is 18.5 Å². The van der Waals surface area contributed by atoms with Gasteiger partial charge in [-0.05, 0) is 0 Å². The first-order valence-electron chi connectivity index (χ1n) is 4.33. The Balaban J connectivity index is 6.53. The van der Waals surface area contributed by atoms with Crippen molar-refractivity contribution in [3.63, 3.8) is 0 Å². The zero-order valence-electron chi connectivity index (χ0n) is 9.17.